The number of morpholine rings is 1. The molecule has 2 aromatic rings. The normalized spacial score (nSPS) is 15.7. The van der Waals surface area contributed by atoms with Gasteiger partial charge in [0.25, 0.3) is 0 Å². The van der Waals surface area contributed by atoms with Gasteiger partial charge in [0.1, 0.15) is 5.75 Å². The maximum atomic E-state index is 5.51. The van der Waals surface area contributed by atoms with E-state index in [1.165, 1.54) is 0 Å². The molecule has 1 aliphatic heterocycles. The monoisotopic (exact) mass is 343 g/mol. The maximum absolute atomic E-state index is 5.51. The van der Waals surface area contributed by atoms with Gasteiger partial charge in [0, 0.05) is 31.5 Å². The molecule has 22 heavy (non-hydrogen) atoms. The summed E-state index contributed by atoms with van der Waals surface area (Å²) in [5, 5.41) is 0.979. The van der Waals surface area contributed by atoms with Gasteiger partial charge in [-0.05, 0) is 19.1 Å². The third kappa shape index (κ3) is 4.52. The summed E-state index contributed by atoms with van der Waals surface area (Å²) in [5.74, 6) is 1.93. The number of ether oxygens (including phenoxy) is 2. The van der Waals surface area contributed by atoms with E-state index < -0.39 is 0 Å². The van der Waals surface area contributed by atoms with Gasteiger partial charge in [-0.25, -0.2) is 4.98 Å². The molecule has 122 valence electrons. The number of hydrogen-bond donors (Lipinski definition) is 1. The minimum atomic E-state index is 0. The van der Waals surface area contributed by atoms with Crippen molar-refractivity contribution in [2.75, 3.05) is 45.2 Å². The predicted molar refractivity (Wildman–Crippen MR) is 92.5 cm³/mol. The fourth-order valence-electron chi connectivity index (χ4n) is 2.39. The number of aromatic nitrogens is 2. The number of hydrogen-bond acceptors (Lipinski definition) is 5. The van der Waals surface area contributed by atoms with Crippen molar-refractivity contribution in [3.8, 4) is 5.75 Å². The van der Waals surface area contributed by atoms with Crippen LogP contribution in [0.5, 0.6) is 5.75 Å². The smallest absolute Gasteiger partial charge is 0.166 e. The summed E-state index contributed by atoms with van der Waals surface area (Å²) < 4.78 is 10.9. The Morgan fingerprint density at radius 3 is 2.95 bits per heavy atom. The Hall–Kier alpha value is -0.950. The molecule has 7 heteroatoms. The van der Waals surface area contributed by atoms with E-state index in [1.54, 1.807) is 11.8 Å². The van der Waals surface area contributed by atoms with Gasteiger partial charge in [0.15, 0.2) is 5.16 Å². The molecule has 1 fully saturated rings. The van der Waals surface area contributed by atoms with Crippen LogP contribution in [-0.4, -0.2) is 60.1 Å². The zero-order valence-electron chi connectivity index (χ0n) is 12.7. The van der Waals surface area contributed by atoms with Crippen LogP contribution in [0.1, 0.15) is 6.92 Å². The van der Waals surface area contributed by atoms with Crippen molar-refractivity contribution >= 4 is 35.2 Å². The number of H-pyrrole nitrogens is 1. The Morgan fingerprint density at radius 2 is 2.18 bits per heavy atom. The molecular weight excluding hydrogens is 322 g/mol. The lowest BCUT2D eigenvalue weighted by Crippen LogP contribution is -2.37. The molecule has 0 saturated carbocycles. The Kier molecular flexibility index (Phi) is 6.82. The van der Waals surface area contributed by atoms with Gasteiger partial charge >= 0.3 is 0 Å². The fraction of sp³-hybridized carbons (Fsp3) is 0.533. The lowest BCUT2D eigenvalue weighted by Gasteiger charge is -2.26. The highest BCUT2D eigenvalue weighted by atomic mass is 35.5. The van der Waals surface area contributed by atoms with E-state index in [9.17, 15) is 0 Å². The molecule has 0 unspecified atom stereocenters. The summed E-state index contributed by atoms with van der Waals surface area (Å²) in [6, 6.07) is 5.98. The Bertz CT molecular complexity index is 587. The standard InChI is InChI=1S/C15H21N3O2S.ClH/c1-2-20-12-3-4-13-14(11-12)17-15(16-13)21-10-7-18-5-8-19-9-6-18;/h3-4,11H,2,5-10H2,1H3,(H,16,17);1H. The van der Waals surface area contributed by atoms with Crippen molar-refractivity contribution in [2.45, 2.75) is 12.1 Å². The van der Waals surface area contributed by atoms with Crippen molar-refractivity contribution in [1.82, 2.24) is 14.9 Å². The number of fused-ring (bicyclic) bond motifs is 1. The average molecular weight is 344 g/mol. The Morgan fingerprint density at radius 1 is 1.36 bits per heavy atom. The Balaban J connectivity index is 0.00000176. The molecule has 0 radical (unpaired) electrons. The molecule has 2 heterocycles. The number of aromatic amines is 1. The van der Waals surface area contributed by atoms with Crippen LogP contribution >= 0.6 is 24.2 Å². The molecule has 1 aromatic carbocycles. The molecule has 0 atom stereocenters. The van der Waals surface area contributed by atoms with E-state index >= 15 is 0 Å². The molecule has 1 aliphatic rings. The number of nitrogens with one attached hydrogen (secondary N) is 1. The number of thioether (sulfide) groups is 1. The first-order chi connectivity index (χ1) is 10.3. The van der Waals surface area contributed by atoms with Crippen LogP contribution < -0.4 is 4.74 Å². The highest BCUT2D eigenvalue weighted by Crippen LogP contribution is 2.23. The number of halogens is 1. The van der Waals surface area contributed by atoms with Gasteiger partial charge in [-0.15, -0.1) is 12.4 Å². The van der Waals surface area contributed by atoms with Gasteiger partial charge in [0.05, 0.1) is 30.9 Å². The number of rotatable bonds is 6. The molecule has 0 bridgehead atoms. The highest BCUT2D eigenvalue weighted by Gasteiger charge is 2.10. The number of benzene rings is 1. The summed E-state index contributed by atoms with van der Waals surface area (Å²) in [6.45, 7) is 7.54. The Labute approximate surface area is 141 Å². The minimum absolute atomic E-state index is 0. The van der Waals surface area contributed by atoms with Crippen molar-refractivity contribution in [2.24, 2.45) is 0 Å². The molecule has 0 amide bonds. The largest absolute Gasteiger partial charge is 0.494 e. The number of nitrogens with zero attached hydrogens (tertiary/aromatic N) is 2. The van der Waals surface area contributed by atoms with E-state index in [2.05, 4.69) is 14.9 Å². The van der Waals surface area contributed by atoms with Crippen LogP contribution in [0.15, 0.2) is 23.4 Å². The van der Waals surface area contributed by atoms with Gasteiger partial charge in [-0.3, -0.25) is 4.90 Å². The molecule has 0 aliphatic carbocycles. The van der Waals surface area contributed by atoms with Crippen LogP contribution in [-0.2, 0) is 4.74 Å². The van der Waals surface area contributed by atoms with Crippen molar-refractivity contribution in [3.05, 3.63) is 18.2 Å². The van der Waals surface area contributed by atoms with Gasteiger partial charge in [-0.1, -0.05) is 11.8 Å². The van der Waals surface area contributed by atoms with E-state index in [-0.39, 0.29) is 12.4 Å². The van der Waals surface area contributed by atoms with Crippen LogP contribution in [0.3, 0.4) is 0 Å². The van der Waals surface area contributed by atoms with E-state index in [1.807, 2.05) is 25.1 Å². The summed E-state index contributed by atoms with van der Waals surface area (Å²) in [7, 11) is 0. The summed E-state index contributed by atoms with van der Waals surface area (Å²) >= 11 is 1.77. The van der Waals surface area contributed by atoms with Gasteiger partial charge < -0.3 is 14.5 Å². The van der Waals surface area contributed by atoms with Crippen LogP contribution in [0.25, 0.3) is 11.0 Å². The highest BCUT2D eigenvalue weighted by molar-refractivity contribution is 7.99. The molecule has 3 rings (SSSR count). The van der Waals surface area contributed by atoms with Crippen LogP contribution in [0.2, 0.25) is 0 Å². The molecule has 1 saturated heterocycles. The zero-order chi connectivity index (χ0) is 14.5. The first-order valence-corrected chi connectivity index (χ1v) is 8.39. The van der Waals surface area contributed by atoms with Crippen molar-refractivity contribution < 1.29 is 9.47 Å². The average Bonchev–Trinajstić information content (AvgIpc) is 2.91. The van der Waals surface area contributed by atoms with E-state index in [4.69, 9.17) is 9.47 Å². The SMILES string of the molecule is CCOc1ccc2nc(SCCN3CCOCC3)[nH]c2c1.Cl. The maximum Gasteiger partial charge on any atom is 0.166 e. The third-order valence-electron chi connectivity index (χ3n) is 3.49. The lowest BCUT2D eigenvalue weighted by molar-refractivity contribution is 0.0410. The van der Waals surface area contributed by atoms with Crippen LogP contribution in [0, 0.1) is 0 Å². The van der Waals surface area contributed by atoms with Crippen molar-refractivity contribution in [3.63, 3.8) is 0 Å². The minimum Gasteiger partial charge on any atom is -0.494 e. The van der Waals surface area contributed by atoms with Gasteiger partial charge in [-0.2, -0.15) is 0 Å². The van der Waals surface area contributed by atoms with E-state index in [0.29, 0.717) is 6.61 Å². The molecule has 1 N–H and O–H groups in total. The lowest BCUT2D eigenvalue weighted by atomic mass is 10.3. The molecule has 5 nitrogen and oxygen atoms in total. The quantitative estimate of drug-likeness (QED) is 0.817. The molecule has 1 aromatic heterocycles. The summed E-state index contributed by atoms with van der Waals surface area (Å²) in [6.07, 6.45) is 0. The van der Waals surface area contributed by atoms with Crippen LogP contribution in [0.4, 0.5) is 0 Å². The molecule has 0 spiro atoms. The van der Waals surface area contributed by atoms with Crippen molar-refractivity contribution in [1.29, 1.82) is 0 Å². The zero-order valence-corrected chi connectivity index (χ0v) is 14.3. The second-order valence-corrected chi connectivity index (χ2v) is 6.04. The van der Waals surface area contributed by atoms with Gasteiger partial charge in [0.2, 0.25) is 0 Å². The third-order valence-corrected chi connectivity index (χ3v) is 4.35. The summed E-state index contributed by atoms with van der Waals surface area (Å²) in [4.78, 5) is 10.4. The second-order valence-electron chi connectivity index (χ2n) is 4.96. The first kappa shape index (κ1) is 17.4. The predicted octanol–water partition coefficient (Wildman–Crippen LogP) is 2.81. The summed E-state index contributed by atoms with van der Waals surface area (Å²) in [5.41, 5.74) is 2.03. The first-order valence-electron chi connectivity index (χ1n) is 7.40. The topological polar surface area (TPSA) is 50.4 Å². The van der Waals surface area contributed by atoms with E-state index in [0.717, 1.165) is 60.5 Å². The molecular formula is C15H22ClN3O2S. The number of imidazole rings is 1. The fourth-order valence-corrected chi connectivity index (χ4v) is 3.27. The second kappa shape index (κ2) is 8.62.